The minimum atomic E-state index is 0.679. The molecule has 0 saturated carbocycles. The highest BCUT2D eigenvalue weighted by Gasteiger charge is 2.03. The number of hydrogen-bond acceptors (Lipinski definition) is 5. The number of hydrogen-bond donors (Lipinski definition) is 2. The number of rotatable bonds is 5. The quantitative estimate of drug-likeness (QED) is 0.846. The third kappa shape index (κ3) is 2.88. The summed E-state index contributed by atoms with van der Waals surface area (Å²) >= 11 is 0. The molecule has 0 radical (unpaired) electrons. The molecular formula is C13H16N4O. The minimum absolute atomic E-state index is 0.679. The fourth-order valence-electron chi connectivity index (χ4n) is 1.58. The molecule has 0 aliphatic heterocycles. The predicted molar refractivity (Wildman–Crippen MR) is 72.5 cm³/mol. The summed E-state index contributed by atoms with van der Waals surface area (Å²) < 4.78 is 5.27. The van der Waals surface area contributed by atoms with Crippen molar-refractivity contribution in [3.63, 3.8) is 0 Å². The summed E-state index contributed by atoms with van der Waals surface area (Å²) in [4.78, 5) is 8.52. The average Bonchev–Trinajstić information content (AvgIpc) is 2.40. The van der Waals surface area contributed by atoms with E-state index in [1.807, 2.05) is 31.2 Å². The van der Waals surface area contributed by atoms with Crippen molar-refractivity contribution in [2.45, 2.75) is 6.92 Å². The van der Waals surface area contributed by atoms with Gasteiger partial charge in [-0.25, -0.2) is 4.98 Å². The van der Waals surface area contributed by atoms with Crippen molar-refractivity contribution in [3.05, 3.63) is 36.7 Å². The number of nitrogens with one attached hydrogen (secondary N) is 2. The van der Waals surface area contributed by atoms with Gasteiger partial charge in [-0.05, 0) is 19.1 Å². The number of benzene rings is 1. The molecule has 18 heavy (non-hydrogen) atoms. The molecule has 1 aromatic heterocycles. The van der Waals surface area contributed by atoms with Crippen LogP contribution in [0.2, 0.25) is 0 Å². The van der Waals surface area contributed by atoms with E-state index in [0.29, 0.717) is 5.82 Å². The van der Waals surface area contributed by atoms with E-state index in [1.54, 1.807) is 19.5 Å². The van der Waals surface area contributed by atoms with Gasteiger partial charge in [-0.3, -0.25) is 4.98 Å². The largest absolute Gasteiger partial charge is 0.495 e. The number of para-hydroxylation sites is 2. The summed E-state index contributed by atoms with van der Waals surface area (Å²) in [6, 6.07) is 7.68. The number of anilines is 3. The SMILES string of the molecule is CCNc1cncc(Nc2ccccc2OC)n1. The smallest absolute Gasteiger partial charge is 0.151 e. The first-order chi connectivity index (χ1) is 8.83. The summed E-state index contributed by atoms with van der Waals surface area (Å²) in [5.74, 6) is 2.20. The monoisotopic (exact) mass is 244 g/mol. The molecular weight excluding hydrogens is 228 g/mol. The second-order valence-corrected chi connectivity index (χ2v) is 3.65. The average molecular weight is 244 g/mol. The van der Waals surface area contributed by atoms with Crippen LogP contribution >= 0.6 is 0 Å². The lowest BCUT2D eigenvalue weighted by Gasteiger charge is -2.10. The summed E-state index contributed by atoms with van der Waals surface area (Å²) in [5, 5.41) is 6.30. The second-order valence-electron chi connectivity index (χ2n) is 3.65. The van der Waals surface area contributed by atoms with Crippen LogP contribution in [0.15, 0.2) is 36.7 Å². The van der Waals surface area contributed by atoms with Crippen LogP contribution < -0.4 is 15.4 Å². The van der Waals surface area contributed by atoms with Gasteiger partial charge >= 0.3 is 0 Å². The highest BCUT2D eigenvalue weighted by Crippen LogP contribution is 2.26. The Kier molecular flexibility index (Phi) is 3.96. The van der Waals surface area contributed by atoms with Gasteiger partial charge in [-0.15, -0.1) is 0 Å². The summed E-state index contributed by atoms with van der Waals surface area (Å²) in [6.45, 7) is 2.83. The topological polar surface area (TPSA) is 59.1 Å². The van der Waals surface area contributed by atoms with Crippen molar-refractivity contribution in [2.24, 2.45) is 0 Å². The molecule has 0 unspecified atom stereocenters. The lowest BCUT2D eigenvalue weighted by molar-refractivity contribution is 0.417. The lowest BCUT2D eigenvalue weighted by Crippen LogP contribution is -2.03. The van der Waals surface area contributed by atoms with Gasteiger partial charge in [-0.2, -0.15) is 0 Å². The third-order valence-electron chi connectivity index (χ3n) is 2.36. The number of ether oxygens (including phenoxy) is 1. The van der Waals surface area contributed by atoms with E-state index in [4.69, 9.17) is 4.74 Å². The van der Waals surface area contributed by atoms with Gasteiger partial charge in [0.05, 0.1) is 25.2 Å². The van der Waals surface area contributed by atoms with Crippen LogP contribution in [0.1, 0.15) is 6.92 Å². The fraction of sp³-hybridized carbons (Fsp3) is 0.231. The molecule has 5 nitrogen and oxygen atoms in total. The van der Waals surface area contributed by atoms with E-state index in [0.717, 1.165) is 23.8 Å². The second kappa shape index (κ2) is 5.86. The van der Waals surface area contributed by atoms with E-state index in [1.165, 1.54) is 0 Å². The first-order valence-electron chi connectivity index (χ1n) is 5.79. The van der Waals surface area contributed by atoms with Gasteiger partial charge in [0.1, 0.15) is 11.6 Å². The maximum absolute atomic E-state index is 5.27. The Hall–Kier alpha value is -2.30. The molecule has 0 aliphatic rings. The van der Waals surface area contributed by atoms with Crippen molar-refractivity contribution in [1.82, 2.24) is 9.97 Å². The minimum Gasteiger partial charge on any atom is -0.495 e. The molecule has 0 fully saturated rings. The fourth-order valence-corrected chi connectivity index (χ4v) is 1.58. The van der Waals surface area contributed by atoms with E-state index in [9.17, 15) is 0 Å². The van der Waals surface area contributed by atoms with Crippen LogP contribution in [0.3, 0.4) is 0 Å². The summed E-state index contributed by atoms with van der Waals surface area (Å²) in [5.41, 5.74) is 0.864. The molecule has 0 aliphatic carbocycles. The number of aromatic nitrogens is 2. The Morgan fingerprint density at radius 2 is 1.94 bits per heavy atom. The molecule has 0 bridgehead atoms. The van der Waals surface area contributed by atoms with Crippen molar-refractivity contribution in [3.8, 4) is 5.75 Å². The molecule has 1 aromatic carbocycles. The molecule has 0 atom stereocenters. The number of nitrogens with zero attached hydrogens (tertiary/aromatic N) is 2. The van der Waals surface area contributed by atoms with Crippen LogP contribution in [-0.4, -0.2) is 23.6 Å². The van der Waals surface area contributed by atoms with E-state index in [2.05, 4.69) is 20.6 Å². The summed E-state index contributed by atoms with van der Waals surface area (Å²) in [6.07, 6.45) is 3.37. The van der Waals surface area contributed by atoms with Gasteiger partial charge in [0.2, 0.25) is 0 Å². The number of methoxy groups -OCH3 is 1. The van der Waals surface area contributed by atoms with Gasteiger partial charge in [0.15, 0.2) is 5.82 Å². The first kappa shape index (κ1) is 12.2. The van der Waals surface area contributed by atoms with Crippen LogP contribution in [0.5, 0.6) is 5.75 Å². The van der Waals surface area contributed by atoms with Crippen molar-refractivity contribution in [2.75, 3.05) is 24.3 Å². The van der Waals surface area contributed by atoms with Gasteiger partial charge in [0, 0.05) is 6.54 Å². The third-order valence-corrected chi connectivity index (χ3v) is 2.36. The Morgan fingerprint density at radius 3 is 2.72 bits per heavy atom. The maximum Gasteiger partial charge on any atom is 0.151 e. The molecule has 5 heteroatoms. The first-order valence-corrected chi connectivity index (χ1v) is 5.79. The van der Waals surface area contributed by atoms with Crippen LogP contribution in [-0.2, 0) is 0 Å². The maximum atomic E-state index is 5.27. The highest BCUT2D eigenvalue weighted by atomic mass is 16.5. The Balaban J connectivity index is 2.20. The Labute approximate surface area is 106 Å². The van der Waals surface area contributed by atoms with Crippen molar-refractivity contribution < 1.29 is 4.74 Å². The molecule has 0 spiro atoms. The molecule has 1 heterocycles. The standard InChI is InChI=1S/C13H16N4O/c1-3-15-12-8-14-9-13(17-12)16-10-6-4-5-7-11(10)18-2/h4-9H,3H2,1-2H3,(H2,15,16,17). The van der Waals surface area contributed by atoms with E-state index < -0.39 is 0 Å². The van der Waals surface area contributed by atoms with Crippen LogP contribution in [0.4, 0.5) is 17.3 Å². The molecule has 0 amide bonds. The molecule has 94 valence electrons. The normalized spacial score (nSPS) is 9.89. The molecule has 2 rings (SSSR count). The molecule has 2 N–H and O–H groups in total. The Morgan fingerprint density at radius 1 is 1.17 bits per heavy atom. The van der Waals surface area contributed by atoms with Crippen LogP contribution in [0.25, 0.3) is 0 Å². The zero-order valence-electron chi connectivity index (χ0n) is 10.5. The summed E-state index contributed by atoms with van der Waals surface area (Å²) in [7, 11) is 1.64. The zero-order chi connectivity index (χ0) is 12.8. The lowest BCUT2D eigenvalue weighted by atomic mass is 10.3. The molecule has 0 saturated heterocycles. The predicted octanol–water partition coefficient (Wildman–Crippen LogP) is 2.66. The van der Waals surface area contributed by atoms with Crippen molar-refractivity contribution >= 4 is 17.3 Å². The van der Waals surface area contributed by atoms with Gasteiger partial charge < -0.3 is 15.4 Å². The van der Waals surface area contributed by atoms with E-state index in [-0.39, 0.29) is 0 Å². The zero-order valence-corrected chi connectivity index (χ0v) is 10.5. The molecule has 2 aromatic rings. The van der Waals surface area contributed by atoms with Gasteiger partial charge in [-0.1, -0.05) is 12.1 Å². The van der Waals surface area contributed by atoms with Crippen LogP contribution in [0, 0.1) is 0 Å². The van der Waals surface area contributed by atoms with Crippen molar-refractivity contribution in [1.29, 1.82) is 0 Å². The van der Waals surface area contributed by atoms with Gasteiger partial charge in [0.25, 0.3) is 0 Å². The van der Waals surface area contributed by atoms with E-state index >= 15 is 0 Å². The Bertz CT molecular complexity index is 516. The highest BCUT2D eigenvalue weighted by molar-refractivity contribution is 5.64.